The summed E-state index contributed by atoms with van der Waals surface area (Å²) in [5.41, 5.74) is 1.83. The second-order valence-electron chi connectivity index (χ2n) is 4.99. The van der Waals surface area contributed by atoms with Crippen LogP contribution < -0.4 is 0 Å². The van der Waals surface area contributed by atoms with Gasteiger partial charge in [0.25, 0.3) is 0 Å². The normalized spacial score (nSPS) is 10.1. The topological polar surface area (TPSA) is 40.5 Å². The molecule has 0 bridgehead atoms. The molecule has 0 saturated carbocycles. The fourth-order valence-electron chi connectivity index (χ4n) is 1.78. The van der Waals surface area contributed by atoms with Gasteiger partial charge in [-0.25, -0.2) is 0 Å². The summed E-state index contributed by atoms with van der Waals surface area (Å²) in [4.78, 5) is 13.8. The Morgan fingerprint density at radius 2 is 1.73 bits per heavy atom. The molecule has 22 heavy (non-hydrogen) atoms. The lowest BCUT2D eigenvalue weighted by Crippen LogP contribution is -2.03. The third-order valence-electron chi connectivity index (χ3n) is 2.91. The molecule has 0 amide bonds. The van der Waals surface area contributed by atoms with E-state index in [1.54, 1.807) is 23.2 Å². The van der Waals surface area contributed by atoms with Crippen LogP contribution in [0.4, 0.5) is 0 Å². The molecule has 110 valence electrons. The maximum atomic E-state index is 12.1. The smallest absolute Gasteiger partial charge is 0.191 e. The maximum Gasteiger partial charge on any atom is 0.191 e. The van der Waals surface area contributed by atoms with Crippen molar-refractivity contribution < 1.29 is 9.90 Å². The van der Waals surface area contributed by atoms with E-state index >= 15 is 0 Å². The van der Waals surface area contributed by atoms with E-state index < -0.39 is 0 Å². The fourth-order valence-corrected chi connectivity index (χ4v) is 1.78. The minimum Gasteiger partial charge on any atom is -0.507 e. The molecule has 0 aliphatic heterocycles. The van der Waals surface area contributed by atoms with Crippen LogP contribution in [0.2, 0.25) is 0 Å². The predicted molar refractivity (Wildman–Crippen MR) is 87.7 cm³/mol. The number of carbonyl (C=O) groups excluding carboxylic acids is 1. The fraction of sp³-hybridized carbons (Fsp3) is 0.105. The minimum absolute atomic E-state index is 0.0429. The maximum absolute atomic E-state index is 12.1. The van der Waals surface area contributed by atoms with Crippen molar-refractivity contribution in [1.29, 1.82) is 0 Å². The van der Waals surface area contributed by atoms with Crippen LogP contribution in [0.3, 0.4) is 0 Å². The summed E-state index contributed by atoms with van der Waals surface area (Å²) in [5, 5.41) is 9.84. The zero-order valence-corrected chi connectivity index (χ0v) is 12.6. The first-order chi connectivity index (χ1) is 10.6. The van der Waals surface area contributed by atoms with Gasteiger partial charge in [-0.15, -0.1) is 0 Å². The molecule has 2 rings (SSSR count). The molecule has 3 heteroatoms. The number of nitrogens with zero attached hydrogens (tertiary/aromatic N) is 1. The van der Waals surface area contributed by atoms with Gasteiger partial charge >= 0.3 is 0 Å². The van der Waals surface area contributed by atoms with Crippen molar-refractivity contribution in [2.24, 2.45) is 0 Å². The number of rotatable bonds is 3. The third-order valence-corrected chi connectivity index (χ3v) is 2.91. The highest BCUT2D eigenvalue weighted by Crippen LogP contribution is 2.19. The van der Waals surface area contributed by atoms with Crippen LogP contribution in [0.1, 0.15) is 21.5 Å². The number of ketones is 1. The van der Waals surface area contributed by atoms with E-state index in [9.17, 15) is 9.90 Å². The molecular formula is C19H17NO2. The summed E-state index contributed by atoms with van der Waals surface area (Å²) in [6.07, 6.45) is 3.06. The van der Waals surface area contributed by atoms with E-state index in [2.05, 4.69) is 11.8 Å². The van der Waals surface area contributed by atoms with Gasteiger partial charge in [0.05, 0.1) is 5.56 Å². The zero-order valence-electron chi connectivity index (χ0n) is 12.6. The van der Waals surface area contributed by atoms with Gasteiger partial charge in [-0.1, -0.05) is 30.0 Å². The number of allylic oxidation sites excluding steroid dienone is 1. The number of phenols is 1. The number of phenolic OH excluding ortho intramolecular Hbond substituents is 1. The Bertz CT molecular complexity index is 750. The molecule has 2 aromatic rings. The zero-order chi connectivity index (χ0) is 15.9. The van der Waals surface area contributed by atoms with Gasteiger partial charge in [0.1, 0.15) is 5.75 Å². The molecule has 1 N–H and O–H groups in total. The molecular weight excluding hydrogens is 274 g/mol. The minimum atomic E-state index is -0.255. The van der Waals surface area contributed by atoms with Crippen LogP contribution in [-0.4, -0.2) is 29.9 Å². The van der Waals surface area contributed by atoms with Crippen molar-refractivity contribution in [3.05, 3.63) is 77.5 Å². The van der Waals surface area contributed by atoms with Crippen molar-refractivity contribution in [3.8, 4) is 17.6 Å². The van der Waals surface area contributed by atoms with E-state index in [0.717, 1.165) is 5.56 Å². The van der Waals surface area contributed by atoms with E-state index in [1.807, 2.05) is 44.4 Å². The average molecular weight is 291 g/mol. The molecule has 0 aliphatic carbocycles. The van der Waals surface area contributed by atoms with E-state index in [0.29, 0.717) is 5.56 Å². The Morgan fingerprint density at radius 1 is 1.05 bits per heavy atom. The standard InChI is InChI=1S/C19H17NO2/c1-20(2)13-12-19(22)17-14-16(10-11-18(17)21)9-8-15-6-4-3-5-7-15/h3-7,10-14,21H,1-2H3/b13-12+. The predicted octanol–water partition coefficient (Wildman–Crippen LogP) is 3.05. The number of aromatic hydroxyl groups is 1. The van der Waals surface area contributed by atoms with Gasteiger partial charge in [0.2, 0.25) is 0 Å². The first kappa shape index (κ1) is 15.4. The average Bonchev–Trinajstić information content (AvgIpc) is 2.52. The molecule has 2 aromatic carbocycles. The lowest BCUT2D eigenvalue weighted by atomic mass is 10.1. The number of hydrogen-bond donors (Lipinski definition) is 1. The molecule has 0 unspecified atom stereocenters. The van der Waals surface area contributed by atoms with Gasteiger partial charge in [0.15, 0.2) is 5.78 Å². The Kier molecular flexibility index (Phi) is 5.00. The van der Waals surface area contributed by atoms with Gasteiger partial charge in [-0.05, 0) is 30.3 Å². The molecule has 0 saturated heterocycles. The second kappa shape index (κ2) is 7.14. The second-order valence-corrected chi connectivity index (χ2v) is 4.99. The SMILES string of the molecule is CN(C)/C=C/C(=O)c1cc(C#Cc2ccccc2)ccc1O. The Morgan fingerprint density at radius 3 is 2.41 bits per heavy atom. The highest BCUT2D eigenvalue weighted by molar-refractivity contribution is 6.06. The molecule has 0 aromatic heterocycles. The largest absolute Gasteiger partial charge is 0.507 e. The van der Waals surface area contributed by atoms with Crippen molar-refractivity contribution in [2.75, 3.05) is 14.1 Å². The van der Waals surface area contributed by atoms with Crippen molar-refractivity contribution in [1.82, 2.24) is 4.90 Å². The van der Waals surface area contributed by atoms with Gasteiger partial charge in [0, 0.05) is 37.5 Å². The lowest BCUT2D eigenvalue weighted by Gasteiger charge is -2.04. The third kappa shape index (κ3) is 4.26. The van der Waals surface area contributed by atoms with E-state index in [-0.39, 0.29) is 17.1 Å². The van der Waals surface area contributed by atoms with Crippen molar-refractivity contribution >= 4 is 5.78 Å². The molecule has 0 spiro atoms. The highest BCUT2D eigenvalue weighted by atomic mass is 16.3. The van der Waals surface area contributed by atoms with Crippen LogP contribution in [0.5, 0.6) is 5.75 Å². The number of hydrogen-bond acceptors (Lipinski definition) is 3. The van der Waals surface area contributed by atoms with Crippen LogP contribution >= 0.6 is 0 Å². The Balaban J connectivity index is 2.28. The molecule has 3 nitrogen and oxygen atoms in total. The number of carbonyl (C=O) groups is 1. The first-order valence-corrected chi connectivity index (χ1v) is 6.85. The number of benzene rings is 2. The highest BCUT2D eigenvalue weighted by Gasteiger charge is 2.08. The van der Waals surface area contributed by atoms with E-state index in [1.165, 1.54) is 12.1 Å². The van der Waals surface area contributed by atoms with Crippen molar-refractivity contribution in [3.63, 3.8) is 0 Å². The van der Waals surface area contributed by atoms with Gasteiger partial charge < -0.3 is 10.0 Å². The van der Waals surface area contributed by atoms with Gasteiger partial charge in [-0.2, -0.15) is 0 Å². The molecule has 0 radical (unpaired) electrons. The summed E-state index contributed by atoms with van der Waals surface area (Å²) in [5.74, 6) is 5.73. The summed E-state index contributed by atoms with van der Waals surface area (Å²) in [7, 11) is 3.65. The molecule has 0 aliphatic rings. The van der Waals surface area contributed by atoms with Crippen molar-refractivity contribution in [2.45, 2.75) is 0 Å². The van der Waals surface area contributed by atoms with Crippen LogP contribution in [-0.2, 0) is 0 Å². The summed E-state index contributed by atoms with van der Waals surface area (Å²) >= 11 is 0. The van der Waals surface area contributed by atoms with Crippen LogP contribution in [0.15, 0.2) is 60.8 Å². The molecule has 0 fully saturated rings. The van der Waals surface area contributed by atoms with E-state index in [4.69, 9.17) is 0 Å². The Hall–Kier alpha value is -2.99. The lowest BCUT2D eigenvalue weighted by molar-refractivity contribution is 0.104. The van der Waals surface area contributed by atoms with Gasteiger partial charge in [-0.3, -0.25) is 4.79 Å². The summed E-state index contributed by atoms with van der Waals surface area (Å²) in [6.45, 7) is 0. The first-order valence-electron chi connectivity index (χ1n) is 6.85. The monoisotopic (exact) mass is 291 g/mol. The molecule has 0 atom stereocenters. The quantitative estimate of drug-likeness (QED) is 0.537. The van der Waals surface area contributed by atoms with Crippen LogP contribution in [0, 0.1) is 11.8 Å². The summed E-state index contributed by atoms with van der Waals surface area (Å²) < 4.78 is 0. The van der Waals surface area contributed by atoms with Crippen LogP contribution in [0.25, 0.3) is 0 Å². The molecule has 0 heterocycles. The summed E-state index contributed by atoms with van der Waals surface area (Å²) in [6, 6.07) is 14.4. The Labute approximate surface area is 130 Å².